The number of rotatable bonds is 5. The van der Waals surface area contributed by atoms with Crippen molar-refractivity contribution in [3.63, 3.8) is 0 Å². The summed E-state index contributed by atoms with van der Waals surface area (Å²) in [6.45, 7) is 0. The molecule has 1 fully saturated rings. The molecule has 0 unspecified atom stereocenters. The van der Waals surface area contributed by atoms with Gasteiger partial charge in [-0.2, -0.15) is 26.3 Å². The van der Waals surface area contributed by atoms with Gasteiger partial charge in [-0.05, 0) is 49.9 Å². The molecule has 1 heterocycles. The van der Waals surface area contributed by atoms with Crippen LogP contribution in [0.1, 0.15) is 47.3 Å². The van der Waals surface area contributed by atoms with Gasteiger partial charge in [0.2, 0.25) is 14.8 Å². The van der Waals surface area contributed by atoms with E-state index in [9.17, 15) is 52.4 Å². The highest BCUT2D eigenvalue weighted by molar-refractivity contribution is 7.92. The zero-order chi connectivity index (χ0) is 28.9. The van der Waals surface area contributed by atoms with Crippen molar-refractivity contribution in [1.82, 2.24) is 10.3 Å². The van der Waals surface area contributed by atoms with Crippen LogP contribution in [-0.4, -0.2) is 45.0 Å². The van der Waals surface area contributed by atoms with Crippen molar-refractivity contribution >= 4 is 25.6 Å². The molecule has 0 atom stereocenters. The summed E-state index contributed by atoms with van der Waals surface area (Å²) in [4.78, 5) is 13.7. The van der Waals surface area contributed by atoms with Crippen LogP contribution in [0.2, 0.25) is 0 Å². The number of halogens is 8. The highest BCUT2D eigenvalue weighted by atomic mass is 32.2. The molecule has 2 aromatic rings. The standard InChI is InChI=1S/C21H18F8N2O5S2/c1-37(33,34)16-8-12(21(27,28)29)10-30-17(16)18(32)31-14-2-4-19(23,5-3-14)38(35,36)15-7-11(20(24,25)26)6-13(22)9-15/h6-10,14H,2-5H2,1H3,(H,31,32)/t14-,19-. The van der Waals surface area contributed by atoms with E-state index in [4.69, 9.17) is 0 Å². The lowest BCUT2D eigenvalue weighted by Crippen LogP contribution is -2.45. The molecule has 210 valence electrons. The van der Waals surface area contributed by atoms with Gasteiger partial charge in [-0.3, -0.25) is 4.79 Å². The fourth-order valence-corrected chi connectivity index (χ4v) is 6.44. The number of nitrogens with one attached hydrogen (secondary N) is 1. The van der Waals surface area contributed by atoms with E-state index >= 15 is 4.39 Å². The minimum absolute atomic E-state index is 0.0520. The molecule has 17 heteroatoms. The van der Waals surface area contributed by atoms with Crippen LogP contribution in [0.5, 0.6) is 0 Å². The zero-order valence-corrected chi connectivity index (χ0v) is 20.8. The van der Waals surface area contributed by atoms with Gasteiger partial charge in [0, 0.05) is 18.5 Å². The molecular formula is C21H18F8N2O5S2. The number of carbonyl (C=O) groups excluding carboxylic acids is 1. The third kappa shape index (κ3) is 6.08. The molecule has 1 aromatic carbocycles. The maximum Gasteiger partial charge on any atom is 0.417 e. The van der Waals surface area contributed by atoms with Crippen LogP contribution >= 0.6 is 0 Å². The molecular weight excluding hydrogens is 576 g/mol. The average molecular weight is 595 g/mol. The molecule has 0 bridgehead atoms. The lowest BCUT2D eigenvalue weighted by atomic mass is 9.93. The van der Waals surface area contributed by atoms with Gasteiger partial charge in [0.25, 0.3) is 5.91 Å². The predicted molar refractivity (Wildman–Crippen MR) is 114 cm³/mol. The van der Waals surface area contributed by atoms with Crippen LogP contribution in [0.4, 0.5) is 35.1 Å². The van der Waals surface area contributed by atoms with Gasteiger partial charge >= 0.3 is 12.4 Å². The molecule has 1 aliphatic carbocycles. The van der Waals surface area contributed by atoms with Crippen molar-refractivity contribution in [2.45, 2.75) is 58.9 Å². The van der Waals surface area contributed by atoms with Crippen LogP contribution in [0.15, 0.2) is 40.3 Å². The van der Waals surface area contributed by atoms with E-state index in [-0.39, 0.29) is 30.5 Å². The maximum atomic E-state index is 15.5. The van der Waals surface area contributed by atoms with E-state index in [1.54, 1.807) is 0 Å². The second-order valence-corrected chi connectivity index (χ2v) is 12.8. The first-order valence-corrected chi connectivity index (χ1v) is 13.9. The minimum atomic E-state index is -5.13. The third-order valence-electron chi connectivity index (χ3n) is 5.85. The number of pyridine rings is 1. The summed E-state index contributed by atoms with van der Waals surface area (Å²) in [6.07, 6.45) is -11.7. The summed E-state index contributed by atoms with van der Waals surface area (Å²) in [5.74, 6) is -2.77. The van der Waals surface area contributed by atoms with Crippen molar-refractivity contribution in [2.24, 2.45) is 0 Å². The Morgan fingerprint density at radius 3 is 2.00 bits per heavy atom. The van der Waals surface area contributed by atoms with Crippen LogP contribution in [0, 0.1) is 5.82 Å². The Balaban J connectivity index is 1.81. The van der Waals surface area contributed by atoms with Crippen LogP contribution < -0.4 is 5.32 Å². The van der Waals surface area contributed by atoms with Crippen LogP contribution in [0.3, 0.4) is 0 Å². The largest absolute Gasteiger partial charge is 0.417 e. The van der Waals surface area contributed by atoms with Gasteiger partial charge in [-0.1, -0.05) is 0 Å². The highest BCUT2D eigenvalue weighted by Gasteiger charge is 2.49. The topological polar surface area (TPSA) is 110 Å². The lowest BCUT2D eigenvalue weighted by molar-refractivity contribution is -0.138. The molecule has 0 aliphatic heterocycles. The summed E-state index contributed by atoms with van der Waals surface area (Å²) in [5, 5.41) is -0.860. The van der Waals surface area contributed by atoms with Gasteiger partial charge < -0.3 is 5.32 Å². The minimum Gasteiger partial charge on any atom is -0.348 e. The predicted octanol–water partition coefficient (Wildman–Crippen LogP) is 4.47. The summed E-state index contributed by atoms with van der Waals surface area (Å²) < 4.78 is 157. The fourth-order valence-electron chi connectivity index (χ4n) is 3.86. The first-order chi connectivity index (χ1) is 17.1. The second kappa shape index (κ2) is 9.73. The molecule has 7 nitrogen and oxygen atoms in total. The Morgan fingerprint density at radius 1 is 0.947 bits per heavy atom. The zero-order valence-electron chi connectivity index (χ0n) is 19.1. The quantitative estimate of drug-likeness (QED) is 0.512. The van der Waals surface area contributed by atoms with Crippen molar-refractivity contribution in [3.8, 4) is 0 Å². The third-order valence-corrected chi connectivity index (χ3v) is 9.19. The van der Waals surface area contributed by atoms with Crippen molar-refractivity contribution in [1.29, 1.82) is 0 Å². The van der Waals surface area contributed by atoms with Gasteiger partial charge in [-0.25, -0.2) is 30.6 Å². The molecule has 1 amide bonds. The number of nitrogens with zero attached hydrogens (tertiary/aromatic N) is 1. The van der Waals surface area contributed by atoms with Crippen LogP contribution in [0.25, 0.3) is 0 Å². The number of carbonyl (C=O) groups is 1. The smallest absolute Gasteiger partial charge is 0.348 e. The Labute approximate surface area is 211 Å². The van der Waals surface area contributed by atoms with E-state index in [2.05, 4.69) is 10.3 Å². The van der Waals surface area contributed by atoms with Gasteiger partial charge in [-0.15, -0.1) is 0 Å². The molecule has 38 heavy (non-hydrogen) atoms. The number of alkyl halides is 7. The SMILES string of the molecule is CS(=O)(=O)c1cc(C(F)(F)F)cnc1C(=O)N[C@H]1CC[C@](F)(S(=O)(=O)c2cc(F)cc(C(F)(F)F)c2)CC1. The number of sulfone groups is 2. The number of hydrogen-bond acceptors (Lipinski definition) is 6. The summed E-state index contributed by atoms with van der Waals surface area (Å²) in [5.41, 5.74) is -3.93. The molecule has 0 saturated heterocycles. The first-order valence-electron chi connectivity index (χ1n) is 10.5. The lowest BCUT2D eigenvalue weighted by Gasteiger charge is -2.34. The molecule has 1 saturated carbocycles. The van der Waals surface area contributed by atoms with Crippen LogP contribution in [-0.2, 0) is 32.0 Å². The van der Waals surface area contributed by atoms with E-state index in [1.807, 2.05) is 0 Å². The molecule has 1 aliphatic rings. The normalized spacial score (nSPS) is 21.2. The summed E-state index contributed by atoms with van der Waals surface area (Å²) >= 11 is 0. The van der Waals surface area contributed by atoms with Crippen molar-refractivity contribution in [2.75, 3.05) is 6.26 Å². The van der Waals surface area contributed by atoms with Gasteiger partial charge in [0.15, 0.2) is 9.84 Å². The monoisotopic (exact) mass is 594 g/mol. The Bertz CT molecular complexity index is 1460. The first kappa shape index (κ1) is 29.7. The van der Waals surface area contributed by atoms with Gasteiger partial charge in [0.1, 0.15) is 11.5 Å². The Hall–Kier alpha value is -2.82. The number of hydrogen-bond donors (Lipinski definition) is 1. The van der Waals surface area contributed by atoms with Crippen molar-refractivity contribution in [3.05, 3.63) is 53.1 Å². The van der Waals surface area contributed by atoms with Gasteiger partial charge in [0.05, 0.1) is 20.9 Å². The fraction of sp³-hybridized carbons (Fsp3) is 0.429. The Kier molecular flexibility index (Phi) is 7.61. The number of amides is 1. The molecule has 0 radical (unpaired) electrons. The maximum absolute atomic E-state index is 15.5. The molecule has 1 aromatic heterocycles. The average Bonchev–Trinajstić information content (AvgIpc) is 2.78. The second-order valence-electron chi connectivity index (χ2n) is 8.65. The Morgan fingerprint density at radius 2 is 1.50 bits per heavy atom. The molecule has 3 rings (SSSR count). The highest BCUT2D eigenvalue weighted by Crippen LogP contribution is 2.42. The summed E-state index contributed by atoms with van der Waals surface area (Å²) in [6, 6.07) is -0.349. The van der Waals surface area contributed by atoms with Crippen molar-refractivity contribution < 1.29 is 56.8 Å². The summed E-state index contributed by atoms with van der Waals surface area (Å²) in [7, 11) is -9.49. The number of aromatic nitrogens is 1. The van der Waals surface area contributed by atoms with E-state index in [1.165, 1.54) is 0 Å². The van der Waals surface area contributed by atoms with E-state index in [0.717, 1.165) is 0 Å². The molecule has 0 spiro atoms. The van der Waals surface area contributed by atoms with E-state index in [0.29, 0.717) is 6.26 Å². The molecule has 1 N–H and O–H groups in total. The van der Waals surface area contributed by atoms with E-state index < -0.39 is 107 Å². The number of benzene rings is 1.